The van der Waals surface area contributed by atoms with Gasteiger partial charge in [0.2, 0.25) is 5.96 Å². The molecule has 0 bridgehead atoms. The highest BCUT2D eigenvalue weighted by Gasteiger charge is 2.25. The van der Waals surface area contributed by atoms with Crippen LogP contribution in [0, 0.1) is 0 Å². The highest BCUT2D eigenvalue weighted by Crippen LogP contribution is 2.44. The number of aliphatic imine (C=N–C) groups is 2. The number of benzene rings is 9. The summed E-state index contributed by atoms with van der Waals surface area (Å²) in [6.07, 6.45) is 0. The Kier molecular flexibility index (Phi) is 10.2. The summed E-state index contributed by atoms with van der Waals surface area (Å²) >= 11 is 0. The lowest BCUT2D eigenvalue weighted by atomic mass is 10.0. The molecule has 11 aromatic rings. The molecule has 312 valence electrons. The number of aromatic nitrogens is 2. The topological polar surface area (TPSA) is 95.8 Å². The van der Waals surface area contributed by atoms with E-state index in [1.807, 2.05) is 66.7 Å². The van der Waals surface area contributed by atoms with Gasteiger partial charge in [0.1, 0.15) is 12.4 Å². The summed E-state index contributed by atoms with van der Waals surface area (Å²) in [5, 5.41) is 4.09. The molecule has 2 aromatic heterocycles. The number of nitrogens with two attached hydrogens (primary N) is 2. The number of hydrogen-bond acceptors (Lipinski definition) is 3. The quantitative estimate of drug-likeness (QED) is 0.0861. The van der Waals surface area contributed by atoms with Crippen LogP contribution in [-0.4, -0.2) is 20.9 Å². The second-order valence-electron chi connectivity index (χ2n) is 16.2. The third-order valence-corrected chi connectivity index (χ3v) is 12.1. The van der Waals surface area contributed by atoms with E-state index in [1.165, 1.54) is 0 Å². The van der Waals surface area contributed by atoms with Gasteiger partial charge in [-0.15, -0.1) is 0 Å². The van der Waals surface area contributed by atoms with Crippen LogP contribution < -0.4 is 16.2 Å². The zero-order valence-corrected chi connectivity index (χ0v) is 35.6. The Morgan fingerprint density at radius 1 is 0.492 bits per heavy atom. The fourth-order valence-corrected chi connectivity index (χ4v) is 9.02. The smallest absolute Gasteiger partial charge is 0.232 e. The molecular formula is C58H44N6O. The van der Waals surface area contributed by atoms with Gasteiger partial charge in [-0.3, -0.25) is 4.57 Å². The molecular weight excluding hydrogens is 797 g/mol. The highest BCUT2D eigenvalue weighted by molar-refractivity contribution is 6.22. The largest absolute Gasteiger partial charge is 0.486 e. The van der Waals surface area contributed by atoms with Crippen LogP contribution >= 0.6 is 0 Å². The Morgan fingerprint density at radius 2 is 1.08 bits per heavy atom. The van der Waals surface area contributed by atoms with E-state index in [9.17, 15) is 0 Å². The molecule has 0 spiro atoms. The average Bonchev–Trinajstić information content (AvgIpc) is 3.89. The first-order valence-electron chi connectivity index (χ1n) is 21.8. The van der Waals surface area contributed by atoms with E-state index < -0.39 is 0 Å². The van der Waals surface area contributed by atoms with Crippen molar-refractivity contribution in [2.24, 2.45) is 15.7 Å². The molecule has 0 amide bonds. The Balaban J connectivity index is 1.20. The van der Waals surface area contributed by atoms with Crippen molar-refractivity contribution < 1.29 is 4.74 Å². The lowest BCUT2D eigenvalue weighted by Crippen LogP contribution is -2.20. The molecule has 0 atom stereocenters. The van der Waals surface area contributed by atoms with E-state index in [2.05, 4.69) is 161 Å². The molecule has 0 unspecified atom stereocenters. The molecule has 0 aliphatic carbocycles. The molecule has 4 N–H and O–H groups in total. The minimum absolute atomic E-state index is 0.338. The summed E-state index contributed by atoms with van der Waals surface area (Å²) in [7, 11) is 0. The van der Waals surface area contributed by atoms with Crippen molar-refractivity contribution in [3.05, 3.63) is 235 Å². The number of anilines is 1. The van der Waals surface area contributed by atoms with E-state index in [-0.39, 0.29) is 0 Å². The Labute approximate surface area is 376 Å². The molecule has 9 aromatic carbocycles. The number of rotatable bonds is 9. The second kappa shape index (κ2) is 16.9. The summed E-state index contributed by atoms with van der Waals surface area (Å²) in [5.41, 5.74) is 26.6. The molecule has 0 aliphatic rings. The summed E-state index contributed by atoms with van der Waals surface area (Å²) < 4.78 is 11.3. The summed E-state index contributed by atoms with van der Waals surface area (Å²) in [5.74, 6) is 1.36. The lowest BCUT2D eigenvalue weighted by molar-refractivity contribution is 0.312. The molecule has 2 heterocycles. The van der Waals surface area contributed by atoms with Crippen LogP contribution in [0.1, 0.15) is 16.7 Å². The van der Waals surface area contributed by atoms with E-state index in [0.717, 1.165) is 88.2 Å². The first kappa shape index (κ1) is 39.2. The zero-order valence-electron chi connectivity index (χ0n) is 35.6. The fraction of sp³-hybridized carbons (Fsp3) is 0.0345. The van der Waals surface area contributed by atoms with Crippen molar-refractivity contribution in [2.75, 3.05) is 5.73 Å². The van der Waals surface area contributed by atoms with Gasteiger partial charge in [0.05, 0.1) is 45.4 Å². The Bertz CT molecular complexity index is 3570. The van der Waals surface area contributed by atoms with Crippen LogP contribution in [0.4, 0.5) is 5.69 Å². The van der Waals surface area contributed by atoms with Gasteiger partial charge in [0, 0.05) is 21.7 Å². The molecule has 0 radical (unpaired) electrons. The normalized spacial score (nSPS) is 12.1. The van der Waals surface area contributed by atoms with Crippen LogP contribution in [0.3, 0.4) is 0 Å². The molecule has 0 saturated heterocycles. The van der Waals surface area contributed by atoms with Gasteiger partial charge in [-0.2, -0.15) is 4.99 Å². The second-order valence-corrected chi connectivity index (χ2v) is 16.2. The van der Waals surface area contributed by atoms with Crippen LogP contribution in [0.5, 0.6) is 5.75 Å². The maximum atomic E-state index is 6.97. The van der Waals surface area contributed by atoms with Gasteiger partial charge >= 0.3 is 0 Å². The van der Waals surface area contributed by atoms with E-state index in [4.69, 9.17) is 26.2 Å². The lowest BCUT2D eigenvalue weighted by Gasteiger charge is -2.15. The SMILES string of the molecule is N/C(=N\C(=NCc1cccc(-c2ccccc2)c1)n1c2ccc(N)c(OCc3ccccc3)c2c2cccc(-n3c4ccccc4c4cc(-c5ccccc5)ccc43)c21)c1ccccc1. The van der Waals surface area contributed by atoms with Crippen molar-refractivity contribution in [3.8, 4) is 33.7 Å². The number of nitrogen functional groups attached to an aromatic ring is 1. The molecule has 0 aliphatic heterocycles. The maximum Gasteiger partial charge on any atom is 0.232 e. The van der Waals surface area contributed by atoms with Crippen LogP contribution in [0.15, 0.2) is 228 Å². The monoisotopic (exact) mass is 840 g/mol. The van der Waals surface area contributed by atoms with Crippen molar-refractivity contribution in [2.45, 2.75) is 13.2 Å². The van der Waals surface area contributed by atoms with Crippen molar-refractivity contribution in [1.29, 1.82) is 0 Å². The van der Waals surface area contributed by atoms with Gasteiger partial charge in [0.25, 0.3) is 0 Å². The minimum atomic E-state index is 0.338. The van der Waals surface area contributed by atoms with Crippen molar-refractivity contribution >= 4 is 61.1 Å². The van der Waals surface area contributed by atoms with E-state index in [1.54, 1.807) is 0 Å². The first-order valence-corrected chi connectivity index (χ1v) is 21.8. The minimum Gasteiger partial charge on any atom is -0.486 e. The number of fused-ring (bicyclic) bond motifs is 6. The number of amidine groups is 1. The fourth-order valence-electron chi connectivity index (χ4n) is 9.02. The number of ether oxygens (including phenoxy) is 1. The molecule has 0 fully saturated rings. The number of para-hydroxylation sites is 2. The molecule has 0 saturated carbocycles. The standard InChI is InChI=1S/C58H44N6O/c59-49-32-34-52-54(56(49)65-38-39-17-5-1-6-18-39)47-28-16-30-53(63-50-29-14-13-27-46(50)48-36-45(31-33-51(48)63)42-22-9-3-10-23-42)55(47)64(52)58(62-57(60)43-24-11-4-12-25-43)61-37-40-19-15-26-44(35-40)41-20-7-2-8-21-41/h1-36H,37-38,59H2,(H2,60,61,62). The van der Waals surface area contributed by atoms with Crippen LogP contribution in [0.2, 0.25) is 0 Å². The Hall–Kier alpha value is -8.68. The van der Waals surface area contributed by atoms with Gasteiger partial charge in [-0.25, -0.2) is 4.99 Å². The van der Waals surface area contributed by atoms with Crippen molar-refractivity contribution in [1.82, 2.24) is 9.13 Å². The molecule has 7 heteroatoms. The van der Waals surface area contributed by atoms with Gasteiger partial charge in [0.15, 0.2) is 5.75 Å². The molecule has 7 nitrogen and oxygen atoms in total. The summed E-state index contributed by atoms with van der Waals surface area (Å²) in [6.45, 7) is 0.680. The number of hydrogen-bond donors (Lipinski definition) is 2. The highest BCUT2D eigenvalue weighted by atomic mass is 16.5. The summed E-state index contributed by atoms with van der Waals surface area (Å²) in [6, 6.07) is 75.1. The van der Waals surface area contributed by atoms with Crippen LogP contribution in [0.25, 0.3) is 71.6 Å². The molecule has 11 rings (SSSR count). The molecule has 65 heavy (non-hydrogen) atoms. The Morgan fingerprint density at radius 3 is 1.83 bits per heavy atom. The van der Waals surface area contributed by atoms with Crippen molar-refractivity contribution in [3.63, 3.8) is 0 Å². The van der Waals surface area contributed by atoms with Gasteiger partial charge in [-0.05, 0) is 75.8 Å². The third-order valence-electron chi connectivity index (χ3n) is 12.1. The third kappa shape index (κ3) is 7.35. The summed E-state index contributed by atoms with van der Waals surface area (Å²) in [4.78, 5) is 10.7. The zero-order chi connectivity index (χ0) is 43.7. The maximum absolute atomic E-state index is 6.97. The van der Waals surface area contributed by atoms with E-state index >= 15 is 0 Å². The predicted molar refractivity (Wildman–Crippen MR) is 270 cm³/mol. The van der Waals surface area contributed by atoms with Crippen LogP contribution in [-0.2, 0) is 13.2 Å². The average molecular weight is 841 g/mol. The number of nitrogens with zero attached hydrogens (tertiary/aromatic N) is 4. The van der Waals surface area contributed by atoms with Gasteiger partial charge < -0.3 is 20.8 Å². The van der Waals surface area contributed by atoms with Gasteiger partial charge in [-0.1, -0.05) is 176 Å². The van der Waals surface area contributed by atoms with E-state index in [0.29, 0.717) is 36.4 Å². The predicted octanol–water partition coefficient (Wildman–Crippen LogP) is 13.2. The first-order chi connectivity index (χ1) is 32.1.